The molecule has 2 heteroatoms. The summed E-state index contributed by atoms with van der Waals surface area (Å²) in [6.45, 7) is 7.20. The number of esters is 1. The van der Waals surface area contributed by atoms with Crippen LogP contribution in [0.5, 0.6) is 0 Å². The molecular formula is C12H12O2. The molecule has 0 unspecified atom stereocenters. The Bertz CT molecular complexity index is 339. The lowest BCUT2D eigenvalue weighted by molar-refractivity contribution is -0.139. The van der Waals surface area contributed by atoms with Crippen LogP contribution in [0.4, 0.5) is 0 Å². The van der Waals surface area contributed by atoms with Gasteiger partial charge in [0.1, 0.15) is 6.61 Å². The third kappa shape index (κ3) is 2.90. The highest BCUT2D eigenvalue weighted by Crippen LogP contribution is 2.03. The van der Waals surface area contributed by atoms with Gasteiger partial charge in [0.25, 0.3) is 0 Å². The molecule has 0 fully saturated rings. The van der Waals surface area contributed by atoms with Crippen molar-refractivity contribution >= 4 is 5.97 Å². The Kier molecular flexibility index (Phi) is 3.68. The van der Waals surface area contributed by atoms with Crippen molar-refractivity contribution in [3.8, 4) is 0 Å². The average Bonchev–Trinajstić information content (AvgIpc) is 2.26. The van der Waals surface area contributed by atoms with Gasteiger partial charge in [-0.3, -0.25) is 0 Å². The molecule has 0 aromatic heterocycles. The van der Waals surface area contributed by atoms with Crippen molar-refractivity contribution in [2.24, 2.45) is 0 Å². The fourth-order valence-corrected chi connectivity index (χ4v) is 0.899. The van der Waals surface area contributed by atoms with Gasteiger partial charge in [0.2, 0.25) is 0 Å². The van der Waals surface area contributed by atoms with Gasteiger partial charge < -0.3 is 4.74 Å². The van der Waals surface area contributed by atoms with Crippen molar-refractivity contribution in [2.75, 3.05) is 0 Å². The van der Waals surface area contributed by atoms with Crippen molar-refractivity contribution in [1.29, 1.82) is 0 Å². The molecule has 1 rings (SSSR count). The van der Waals surface area contributed by atoms with Crippen molar-refractivity contribution in [3.63, 3.8) is 0 Å². The van der Waals surface area contributed by atoms with E-state index in [1.54, 1.807) is 0 Å². The number of ether oxygens (including phenoxy) is 1. The van der Waals surface area contributed by atoms with E-state index >= 15 is 0 Å². The van der Waals surface area contributed by atoms with Gasteiger partial charge in [-0.1, -0.05) is 49.6 Å². The molecule has 0 aliphatic heterocycles. The lowest BCUT2D eigenvalue weighted by atomic mass is 10.2. The maximum absolute atomic E-state index is 11.2. The summed E-state index contributed by atoms with van der Waals surface area (Å²) in [7, 11) is 0. The first-order valence-electron chi connectivity index (χ1n) is 4.26. The van der Waals surface area contributed by atoms with Gasteiger partial charge in [-0.05, 0) is 5.56 Å². The van der Waals surface area contributed by atoms with Crippen LogP contribution in [-0.2, 0) is 16.1 Å². The zero-order valence-electron chi connectivity index (χ0n) is 7.90. The standard InChI is InChI=1S/C12H12O2/c1-3-10(2)12(13)14-9-11-7-5-4-6-8-11/h3-8H,1-2,9H2. The highest BCUT2D eigenvalue weighted by Gasteiger charge is 2.04. The van der Waals surface area contributed by atoms with Crippen LogP contribution < -0.4 is 0 Å². The molecular weight excluding hydrogens is 176 g/mol. The Morgan fingerprint density at radius 1 is 1.36 bits per heavy atom. The van der Waals surface area contributed by atoms with E-state index in [0.717, 1.165) is 5.56 Å². The molecule has 0 radical (unpaired) electrons. The molecule has 72 valence electrons. The minimum absolute atomic E-state index is 0.270. The van der Waals surface area contributed by atoms with E-state index in [1.165, 1.54) is 6.08 Å². The van der Waals surface area contributed by atoms with Crippen LogP contribution in [0.2, 0.25) is 0 Å². The molecule has 0 spiro atoms. The summed E-state index contributed by atoms with van der Waals surface area (Å²) >= 11 is 0. The largest absolute Gasteiger partial charge is 0.457 e. The highest BCUT2D eigenvalue weighted by atomic mass is 16.5. The second-order valence-electron chi connectivity index (χ2n) is 2.79. The molecule has 1 aromatic carbocycles. The monoisotopic (exact) mass is 188 g/mol. The van der Waals surface area contributed by atoms with Crippen molar-refractivity contribution < 1.29 is 9.53 Å². The maximum Gasteiger partial charge on any atom is 0.337 e. The van der Waals surface area contributed by atoms with Crippen LogP contribution in [0.3, 0.4) is 0 Å². The van der Waals surface area contributed by atoms with Crippen LogP contribution in [-0.4, -0.2) is 5.97 Å². The van der Waals surface area contributed by atoms with Crippen molar-refractivity contribution in [1.82, 2.24) is 0 Å². The number of hydrogen-bond donors (Lipinski definition) is 0. The van der Waals surface area contributed by atoms with Gasteiger partial charge in [0.05, 0.1) is 5.57 Å². The molecule has 14 heavy (non-hydrogen) atoms. The molecule has 0 N–H and O–H groups in total. The molecule has 1 aromatic rings. The Morgan fingerprint density at radius 2 is 2.00 bits per heavy atom. The minimum Gasteiger partial charge on any atom is -0.457 e. The SMILES string of the molecule is C=CC(=C)C(=O)OCc1ccccc1. The fourth-order valence-electron chi connectivity index (χ4n) is 0.899. The van der Waals surface area contributed by atoms with Crippen LogP contribution in [0.25, 0.3) is 0 Å². The number of benzene rings is 1. The molecule has 0 heterocycles. The summed E-state index contributed by atoms with van der Waals surface area (Å²) in [6.07, 6.45) is 1.38. The first kappa shape index (κ1) is 10.3. The summed E-state index contributed by atoms with van der Waals surface area (Å²) in [6, 6.07) is 9.49. The van der Waals surface area contributed by atoms with Gasteiger partial charge in [0, 0.05) is 0 Å². The van der Waals surface area contributed by atoms with Gasteiger partial charge in [-0.15, -0.1) is 0 Å². The van der Waals surface area contributed by atoms with Gasteiger partial charge in [0.15, 0.2) is 0 Å². The van der Waals surface area contributed by atoms with E-state index < -0.39 is 5.97 Å². The molecule has 0 saturated heterocycles. The Balaban J connectivity index is 2.46. The van der Waals surface area contributed by atoms with Gasteiger partial charge >= 0.3 is 5.97 Å². The van der Waals surface area contributed by atoms with Crippen LogP contribution in [0.15, 0.2) is 55.1 Å². The lowest BCUT2D eigenvalue weighted by Crippen LogP contribution is -2.05. The third-order valence-corrected chi connectivity index (χ3v) is 1.72. The molecule has 0 saturated carbocycles. The second kappa shape index (κ2) is 5.02. The molecule has 0 amide bonds. The zero-order chi connectivity index (χ0) is 10.4. The fraction of sp³-hybridized carbons (Fsp3) is 0.0833. The van der Waals surface area contributed by atoms with Crippen molar-refractivity contribution in [3.05, 3.63) is 60.7 Å². The topological polar surface area (TPSA) is 26.3 Å². The third-order valence-electron chi connectivity index (χ3n) is 1.72. The molecule has 2 nitrogen and oxygen atoms in total. The molecule has 0 aliphatic rings. The quantitative estimate of drug-likeness (QED) is 0.412. The highest BCUT2D eigenvalue weighted by molar-refractivity contribution is 5.90. The summed E-state index contributed by atoms with van der Waals surface area (Å²) < 4.78 is 4.97. The average molecular weight is 188 g/mol. The zero-order valence-corrected chi connectivity index (χ0v) is 7.90. The van der Waals surface area contributed by atoms with Crippen LogP contribution >= 0.6 is 0 Å². The first-order chi connectivity index (χ1) is 6.74. The molecule has 0 bridgehead atoms. The lowest BCUT2D eigenvalue weighted by Gasteiger charge is -2.03. The molecule has 0 atom stereocenters. The predicted octanol–water partition coefficient (Wildman–Crippen LogP) is 2.47. The van der Waals surface area contributed by atoms with E-state index in [0.29, 0.717) is 0 Å². The summed E-state index contributed by atoms with van der Waals surface area (Å²) in [5.74, 6) is -0.427. The maximum atomic E-state index is 11.2. The summed E-state index contributed by atoms with van der Waals surface area (Å²) in [5, 5.41) is 0. The second-order valence-corrected chi connectivity index (χ2v) is 2.79. The number of carbonyl (C=O) groups is 1. The van der Waals surface area contributed by atoms with Crippen molar-refractivity contribution in [2.45, 2.75) is 6.61 Å². The van der Waals surface area contributed by atoms with E-state index in [2.05, 4.69) is 13.2 Å². The first-order valence-corrected chi connectivity index (χ1v) is 4.26. The Morgan fingerprint density at radius 3 is 2.57 bits per heavy atom. The van der Waals surface area contributed by atoms with E-state index in [9.17, 15) is 4.79 Å². The number of rotatable bonds is 4. The van der Waals surface area contributed by atoms with Crippen LogP contribution in [0.1, 0.15) is 5.56 Å². The summed E-state index contributed by atoms with van der Waals surface area (Å²) in [4.78, 5) is 11.2. The minimum atomic E-state index is -0.427. The summed E-state index contributed by atoms with van der Waals surface area (Å²) in [5.41, 5.74) is 1.23. The van der Waals surface area contributed by atoms with E-state index in [-0.39, 0.29) is 12.2 Å². The van der Waals surface area contributed by atoms with Gasteiger partial charge in [-0.2, -0.15) is 0 Å². The Labute approximate surface area is 83.5 Å². The van der Waals surface area contributed by atoms with E-state index in [1.807, 2.05) is 30.3 Å². The Hall–Kier alpha value is -1.83. The van der Waals surface area contributed by atoms with Gasteiger partial charge in [-0.25, -0.2) is 4.79 Å². The normalized spacial score (nSPS) is 9.14. The molecule has 0 aliphatic carbocycles. The van der Waals surface area contributed by atoms with E-state index in [4.69, 9.17) is 4.74 Å². The van der Waals surface area contributed by atoms with Crippen LogP contribution in [0, 0.1) is 0 Å². The smallest absolute Gasteiger partial charge is 0.337 e. The predicted molar refractivity (Wildman–Crippen MR) is 55.6 cm³/mol. The number of hydrogen-bond acceptors (Lipinski definition) is 2. The number of carbonyl (C=O) groups excluding carboxylic acids is 1.